The lowest BCUT2D eigenvalue weighted by Crippen LogP contribution is -2.20. The Bertz CT molecular complexity index is 401. The minimum absolute atomic E-state index is 0.255. The molecular weight excluding hydrogens is 252 g/mol. The molecule has 0 saturated heterocycles. The summed E-state index contributed by atoms with van der Waals surface area (Å²) in [6, 6.07) is 7.60. The van der Waals surface area contributed by atoms with Crippen molar-refractivity contribution < 1.29 is 9.53 Å². The highest BCUT2D eigenvalue weighted by atomic mass is 16.5. The van der Waals surface area contributed by atoms with Crippen LogP contribution in [-0.4, -0.2) is 51.7 Å². The van der Waals surface area contributed by atoms with Crippen LogP contribution >= 0.6 is 0 Å². The van der Waals surface area contributed by atoms with E-state index in [0.29, 0.717) is 12.2 Å². The molecule has 0 unspecified atom stereocenters. The number of hydrogen-bond donors (Lipinski definition) is 0. The van der Waals surface area contributed by atoms with Gasteiger partial charge in [-0.15, -0.1) is 0 Å². The highest BCUT2D eigenvalue weighted by Crippen LogP contribution is 2.15. The Balaban J connectivity index is 2.50. The summed E-state index contributed by atoms with van der Waals surface area (Å²) in [6.07, 6.45) is 2.35. The third-order valence-corrected chi connectivity index (χ3v) is 3.16. The molecule has 1 aromatic carbocycles. The van der Waals surface area contributed by atoms with E-state index in [2.05, 4.69) is 18.9 Å². The summed E-state index contributed by atoms with van der Waals surface area (Å²) in [5.74, 6) is -0.255. The number of unbranched alkanes of at least 4 members (excludes halogenated alkanes) is 1. The summed E-state index contributed by atoms with van der Waals surface area (Å²) in [5.41, 5.74) is 1.74. The Morgan fingerprint density at radius 1 is 1.10 bits per heavy atom. The Morgan fingerprint density at radius 2 is 1.75 bits per heavy atom. The van der Waals surface area contributed by atoms with Crippen molar-refractivity contribution in [2.75, 3.05) is 45.7 Å². The van der Waals surface area contributed by atoms with Gasteiger partial charge in [-0.2, -0.15) is 0 Å². The highest BCUT2D eigenvalue weighted by molar-refractivity contribution is 5.89. The Hall–Kier alpha value is -1.55. The number of ether oxygens (including phenoxy) is 1. The van der Waals surface area contributed by atoms with E-state index in [9.17, 15) is 4.79 Å². The number of anilines is 1. The molecule has 0 aliphatic rings. The van der Waals surface area contributed by atoms with Crippen LogP contribution in [0.2, 0.25) is 0 Å². The van der Waals surface area contributed by atoms with E-state index in [4.69, 9.17) is 4.74 Å². The van der Waals surface area contributed by atoms with Crippen LogP contribution in [0.15, 0.2) is 24.3 Å². The SMILES string of the molecule is CCCCN(C)c1ccc(C(=O)OCCN(C)C)cc1. The van der Waals surface area contributed by atoms with Crippen molar-refractivity contribution in [2.45, 2.75) is 19.8 Å². The van der Waals surface area contributed by atoms with Gasteiger partial charge in [-0.3, -0.25) is 0 Å². The van der Waals surface area contributed by atoms with Gasteiger partial charge in [-0.1, -0.05) is 13.3 Å². The molecule has 112 valence electrons. The lowest BCUT2D eigenvalue weighted by molar-refractivity contribution is 0.0482. The Morgan fingerprint density at radius 3 is 2.30 bits per heavy atom. The largest absolute Gasteiger partial charge is 0.461 e. The van der Waals surface area contributed by atoms with Crippen LogP contribution in [0, 0.1) is 0 Å². The van der Waals surface area contributed by atoms with E-state index in [-0.39, 0.29) is 5.97 Å². The van der Waals surface area contributed by atoms with Crippen molar-refractivity contribution in [3.05, 3.63) is 29.8 Å². The van der Waals surface area contributed by atoms with Crippen molar-refractivity contribution >= 4 is 11.7 Å². The summed E-state index contributed by atoms with van der Waals surface area (Å²) in [4.78, 5) is 16.0. The normalized spacial score (nSPS) is 10.7. The molecule has 0 aliphatic carbocycles. The predicted octanol–water partition coefficient (Wildman–Crippen LogP) is 2.64. The first kappa shape index (κ1) is 16.5. The van der Waals surface area contributed by atoms with Gasteiger partial charge < -0.3 is 14.5 Å². The molecule has 0 amide bonds. The van der Waals surface area contributed by atoms with Gasteiger partial charge >= 0.3 is 5.97 Å². The smallest absolute Gasteiger partial charge is 0.338 e. The molecule has 4 nitrogen and oxygen atoms in total. The molecule has 0 heterocycles. The third kappa shape index (κ3) is 5.61. The van der Waals surface area contributed by atoms with Crippen molar-refractivity contribution in [1.82, 2.24) is 4.90 Å². The summed E-state index contributed by atoms with van der Waals surface area (Å²) < 4.78 is 5.21. The maximum absolute atomic E-state index is 11.8. The fraction of sp³-hybridized carbons (Fsp3) is 0.562. The molecule has 0 atom stereocenters. The van der Waals surface area contributed by atoms with Gasteiger partial charge in [0.1, 0.15) is 6.61 Å². The van der Waals surface area contributed by atoms with E-state index >= 15 is 0 Å². The number of hydrogen-bond acceptors (Lipinski definition) is 4. The molecule has 20 heavy (non-hydrogen) atoms. The zero-order valence-electron chi connectivity index (χ0n) is 13.1. The van der Waals surface area contributed by atoms with Crippen molar-refractivity contribution in [1.29, 1.82) is 0 Å². The van der Waals surface area contributed by atoms with Crippen molar-refractivity contribution in [3.8, 4) is 0 Å². The topological polar surface area (TPSA) is 32.8 Å². The molecule has 0 aliphatic heterocycles. The maximum Gasteiger partial charge on any atom is 0.338 e. The van der Waals surface area contributed by atoms with Gasteiger partial charge in [-0.25, -0.2) is 4.79 Å². The van der Waals surface area contributed by atoms with Crippen LogP contribution in [0.1, 0.15) is 30.1 Å². The second-order valence-electron chi connectivity index (χ2n) is 5.26. The zero-order chi connectivity index (χ0) is 15.0. The molecule has 4 heteroatoms. The van der Waals surface area contributed by atoms with Crippen LogP contribution in [-0.2, 0) is 4.74 Å². The van der Waals surface area contributed by atoms with Gasteiger partial charge in [-0.05, 0) is 44.8 Å². The molecule has 0 spiro atoms. The van der Waals surface area contributed by atoms with E-state index < -0.39 is 0 Å². The molecule has 0 bridgehead atoms. The second kappa shape index (κ2) is 8.59. The standard InChI is InChI=1S/C16H26N2O2/c1-5-6-11-18(4)15-9-7-14(8-10-15)16(19)20-13-12-17(2)3/h7-10H,5-6,11-13H2,1-4H3. The fourth-order valence-corrected chi connectivity index (χ4v) is 1.78. The number of nitrogens with zero attached hydrogens (tertiary/aromatic N) is 2. The van der Waals surface area contributed by atoms with Crippen molar-refractivity contribution in [2.24, 2.45) is 0 Å². The number of benzene rings is 1. The molecule has 0 fully saturated rings. The molecule has 1 aromatic rings. The molecule has 0 saturated carbocycles. The molecule has 0 N–H and O–H groups in total. The first-order valence-electron chi connectivity index (χ1n) is 7.17. The van der Waals surface area contributed by atoms with Crippen LogP contribution in [0.5, 0.6) is 0 Å². The van der Waals surface area contributed by atoms with E-state index in [1.807, 2.05) is 43.3 Å². The summed E-state index contributed by atoms with van der Waals surface area (Å²) in [6.45, 7) is 4.37. The first-order chi connectivity index (χ1) is 9.54. The average molecular weight is 278 g/mol. The second-order valence-corrected chi connectivity index (χ2v) is 5.26. The van der Waals surface area contributed by atoms with Gasteiger partial charge in [0.25, 0.3) is 0 Å². The van der Waals surface area contributed by atoms with Gasteiger partial charge in [0, 0.05) is 25.8 Å². The maximum atomic E-state index is 11.8. The van der Waals surface area contributed by atoms with E-state index in [1.165, 1.54) is 12.8 Å². The van der Waals surface area contributed by atoms with Crippen LogP contribution in [0.3, 0.4) is 0 Å². The predicted molar refractivity (Wildman–Crippen MR) is 83.5 cm³/mol. The molecular formula is C16H26N2O2. The molecule has 0 radical (unpaired) electrons. The monoisotopic (exact) mass is 278 g/mol. The van der Waals surface area contributed by atoms with Crippen LogP contribution < -0.4 is 4.90 Å². The summed E-state index contributed by atoms with van der Waals surface area (Å²) in [7, 11) is 5.98. The first-order valence-corrected chi connectivity index (χ1v) is 7.17. The Kier molecular flexibility index (Phi) is 7.09. The van der Waals surface area contributed by atoms with Gasteiger partial charge in [0.05, 0.1) is 5.56 Å². The van der Waals surface area contributed by atoms with Crippen LogP contribution in [0.4, 0.5) is 5.69 Å². The minimum atomic E-state index is -0.255. The average Bonchev–Trinajstić information content (AvgIpc) is 2.44. The third-order valence-electron chi connectivity index (χ3n) is 3.16. The number of carbonyl (C=O) groups excluding carboxylic acids is 1. The lowest BCUT2D eigenvalue weighted by atomic mass is 10.2. The Labute approximate surface area is 122 Å². The van der Waals surface area contributed by atoms with E-state index in [0.717, 1.165) is 18.8 Å². The van der Waals surface area contributed by atoms with Gasteiger partial charge in [0.15, 0.2) is 0 Å². The number of rotatable bonds is 8. The number of likely N-dealkylation sites (N-methyl/N-ethyl adjacent to an activating group) is 1. The van der Waals surface area contributed by atoms with Crippen LogP contribution in [0.25, 0.3) is 0 Å². The zero-order valence-corrected chi connectivity index (χ0v) is 13.1. The lowest BCUT2D eigenvalue weighted by Gasteiger charge is -2.19. The molecule has 0 aromatic heterocycles. The summed E-state index contributed by atoms with van der Waals surface area (Å²) >= 11 is 0. The number of esters is 1. The summed E-state index contributed by atoms with van der Waals surface area (Å²) in [5, 5.41) is 0. The van der Waals surface area contributed by atoms with E-state index in [1.54, 1.807) is 0 Å². The number of carbonyl (C=O) groups is 1. The fourth-order valence-electron chi connectivity index (χ4n) is 1.78. The minimum Gasteiger partial charge on any atom is -0.461 e. The van der Waals surface area contributed by atoms with Crippen molar-refractivity contribution in [3.63, 3.8) is 0 Å². The molecule has 1 rings (SSSR count). The van der Waals surface area contributed by atoms with Gasteiger partial charge in [0.2, 0.25) is 0 Å². The highest BCUT2D eigenvalue weighted by Gasteiger charge is 2.08. The quantitative estimate of drug-likeness (QED) is 0.684.